The number of anilines is 1. The van der Waals surface area contributed by atoms with E-state index in [0.29, 0.717) is 19.1 Å². The average molecular weight is 311 g/mol. The number of nitrogens with zero attached hydrogens (tertiary/aromatic N) is 5. The van der Waals surface area contributed by atoms with Crippen molar-refractivity contribution in [2.75, 3.05) is 18.0 Å². The van der Waals surface area contributed by atoms with Crippen molar-refractivity contribution in [1.29, 1.82) is 0 Å². The Labute approximate surface area is 135 Å². The van der Waals surface area contributed by atoms with Crippen molar-refractivity contribution >= 4 is 11.6 Å². The predicted octanol–water partition coefficient (Wildman–Crippen LogP) is 1.60. The lowest BCUT2D eigenvalue weighted by Crippen LogP contribution is -2.41. The molecule has 0 aromatic carbocycles. The van der Waals surface area contributed by atoms with Crippen molar-refractivity contribution in [2.45, 2.75) is 38.9 Å². The Morgan fingerprint density at radius 2 is 2.26 bits per heavy atom. The molecule has 0 N–H and O–H groups in total. The number of hydrogen-bond acceptors (Lipinski definition) is 4. The van der Waals surface area contributed by atoms with Gasteiger partial charge in [-0.3, -0.25) is 9.78 Å². The van der Waals surface area contributed by atoms with Crippen LogP contribution in [0.2, 0.25) is 0 Å². The molecule has 1 amide bonds. The van der Waals surface area contributed by atoms with Crippen LogP contribution in [0.25, 0.3) is 0 Å². The molecule has 2 aliphatic heterocycles. The van der Waals surface area contributed by atoms with Gasteiger partial charge in [0.25, 0.3) is 0 Å². The number of amides is 1. The molecule has 2 aliphatic rings. The molecule has 0 saturated carbocycles. The number of pyridine rings is 1. The van der Waals surface area contributed by atoms with Crippen LogP contribution in [0.4, 0.5) is 5.69 Å². The van der Waals surface area contributed by atoms with Gasteiger partial charge in [-0.2, -0.15) is 0 Å². The molecular weight excluding hydrogens is 290 g/mol. The molecular formula is C17H21N5O. The third kappa shape index (κ3) is 2.58. The zero-order valence-electron chi connectivity index (χ0n) is 13.4. The highest BCUT2D eigenvalue weighted by molar-refractivity contribution is 5.77. The predicted molar refractivity (Wildman–Crippen MR) is 87.0 cm³/mol. The minimum absolute atomic E-state index is 0.136. The maximum atomic E-state index is 12.8. The van der Waals surface area contributed by atoms with Crippen LogP contribution in [-0.2, 0) is 17.9 Å². The van der Waals surface area contributed by atoms with E-state index in [-0.39, 0.29) is 5.91 Å². The standard InChI is InChI=1S/C17H21N5O/c1-13-18-7-9-20(13)12-17(23)21-10-14-4-3-8-22(14)16-5-2-6-19-15(16)11-21/h2,5-7,9,14H,3-4,8,10-12H2,1H3/t14-/m0/s1. The fourth-order valence-corrected chi connectivity index (χ4v) is 3.66. The minimum atomic E-state index is 0.136. The Balaban J connectivity index is 1.60. The van der Waals surface area contributed by atoms with Gasteiger partial charge in [-0.05, 0) is 31.9 Å². The van der Waals surface area contributed by atoms with Crippen LogP contribution in [0.3, 0.4) is 0 Å². The molecule has 0 radical (unpaired) electrons. The molecule has 6 nitrogen and oxygen atoms in total. The number of aryl methyl sites for hydroxylation is 1. The van der Waals surface area contributed by atoms with Crippen molar-refractivity contribution in [3.63, 3.8) is 0 Å². The largest absolute Gasteiger partial charge is 0.365 e. The monoisotopic (exact) mass is 311 g/mol. The van der Waals surface area contributed by atoms with Gasteiger partial charge in [-0.15, -0.1) is 0 Å². The second-order valence-electron chi connectivity index (χ2n) is 6.34. The fourth-order valence-electron chi connectivity index (χ4n) is 3.66. The maximum Gasteiger partial charge on any atom is 0.242 e. The van der Waals surface area contributed by atoms with E-state index >= 15 is 0 Å². The molecule has 0 unspecified atom stereocenters. The molecule has 0 bridgehead atoms. The SMILES string of the molecule is Cc1nccn1CC(=O)N1Cc2ncccc2N2CCC[C@H]2C1. The van der Waals surface area contributed by atoms with Crippen LogP contribution in [0.5, 0.6) is 0 Å². The highest BCUT2D eigenvalue weighted by Gasteiger charge is 2.33. The summed E-state index contributed by atoms with van der Waals surface area (Å²) in [6.07, 6.45) is 7.74. The van der Waals surface area contributed by atoms with Crippen LogP contribution in [0.15, 0.2) is 30.7 Å². The summed E-state index contributed by atoms with van der Waals surface area (Å²) in [6, 6.07) is 4.53. The Morgan fingerprint density at radius 3 is 3.09 bits per heavy atom. The van der Waals surface area contributed by atoms with E-state index in [1.807, 2.05) is 34.9 Å². The van der Waals surface area contributed by atoms with Crippen molar-refractivity contribution < 1.29 is 4.79 Å². The van der Waals surface area contributed by atoms with Crippen molar-refractivity contribution in [3.8, 4) is 0 Å². The highest BCUT2D eigenvalue weighted by atomic mass is 16.2. The smallest absolute Gasteiger partial charge is 0.242 e. The molecule has 0 aliphatic carbocycles. The van der Waals surface area contributed by atoms with Gasteiger partial charge in [0.15, 0.2) is 0 Å². The Morgan fingerprint density at radius 1 is 1.35 bits per heavy atom. The van der Waals surface area contributed by atoms with Gasteiger partial charge >= 0.3 is 0 Å². The van der Waals surface area contributed by atoms with E-state index in [4.69, 9.17) is 0 Å². The van der Waals surface area contributed by atoms with Crippen LogP contribution < -0.4 is 4.90 Å². The van der Waals surface area contributed by atoms with Gasteiger partial charge in [-0.1, -0.05) is 0 Å². The van der Waals surface area contributed by atoms with Crippen LogP contribution in [0, 0.1) is 6.92 Å². The molecule has 23 heavy (non-hydrogen) atoms. The third-order valence-corrected chi connectivity index (χ3v) is 4.91. The summed E-state index contributed by atoms with van der Waals surface area (Å²) in [5.74, 6) is 1.01. The lowest BCUT2D eigenvalue weighted by atomic mass is 10.2. The number of imidazole rings is 1. The quantitative estimate of drug-likeness (QED) is 0.845. The van der Waals surface area contributed by atoms with Gasteiger partial charge in [0.2, 0.25) is 5.91 Å². The summed E-state index contributed by atoms with van der Waals surface area (Å²) in [7, 11) is 0. The molecule has 0 spiro atoms. The minimum Gasteiger partial charge on any atom is -0.365 e. The number of carbonyl (C=O) groups excluding carboxylic acids is 1. The van der Waals surface area contributed by atoms with Gasteiger partial charge in [0.1, 0.15) is 12.4 Å². The molecule has 2 aromatic heterocycles. The van der Waals surface area contributed by atoms with E-state index < -0.39 is 0 Å². The first-order valence-corrected chi connectivity index (χ1v) is 8.18. The van der Waals surface area contributed by atoms with Crippen molar-refractivity contribution in [2.24, 2.45) is 0 Å². The van der Waals surface area contributed by atoms with Gasteiger partial charge in [0.05, 0.1) is 17.9 Å². The second kappa shape index (κ2) is 5.68. The molecule has 2 aromatic rings. The van der Waals surface area contributed by atoms with Gasteiger partial charge in [-0.25, -0.2) is 4.98 Å². The lowest BCUT2D eigenvalue weighted by Gasteiger charge is -2.27. The third-order valence-electron chi connectivity index (χ3n) is 4.91. The van der Waals surface area contributed by atoms with E-state index in [9.17, 15) is 4.79 Å². The molecule has 6 heteroatoms. The van der Waals surface area contributed by atoms with E-state index in [0.717, 1.165) is 31.0 Å². The number of rotatable bonds is 2. The molecule has 1 fully saturated rings. The normalized spacial score (nSPS) is 20.1. The average Bonchev–Trinajstić information content (AvgIpc) is 3.13. The first kappa shape index (κ1) is 14.2. The summed E-state index contributed by atoms with van der Waals surface area (Å²) in [4.78, 5) is 25.9. The molecule has 4 heterocycles. The number of hydrogen-bond donors (Lipinski definition) is 0. The van der Waals surface area contributed by atoms with E-state index in [2.05, 4.69) is 20.9 Å². The summed E-state index contributed by atoms with van der Waals surface area (Å²) in [5.41, 5.74) is 2.21. The van der Waals surface area contributed by atoms with E-state index in [1.54, 1.807) is 6.20 Å². The van der Waals surface area contributed by atoms with Gasteiger partial charge in [0, 0.05) is 37.7 Å². The van der Waals surface area contributed by atoms with Crippen LogP contribution in [0.1, 0.15) is 24.4 Å². The van der Waals surface area contributed by atoms with Crippen LogP contribution in [-0.4, -0.2) is 44.5 Å². The van der Waals surface area contributed by atoms with Crippen LogP contribution >= 0.6 is 0 Å². The summed E-state index contributed by atoms with van der Waals surface area (Å²) < 4.78 is 1.90. The van der Waals surface area contributed by atoms with Gasteiger partial charge < -0.3 is 14.4 Å². The second-order valence-corrected chi connectivity index (χ2v) is 6.34. The zero-order chi connectivity index (χ0) is 15.8. The zero-order valence-corrected chi connectivity index (χ0v) is 13.4. The number of carbonyl (C=O) groups is 1. The summed E-state index contributed by atoms with van der Waals surface area (Å²) in [5, 5.41) is 0. The lowest BCUT2D eigenvalue weighted by molar-refractivity contribution is -0.132. The maximum absolute atomic E-state index is 12.8. The Hall–Kier alpha value is -2.37. The highest BCUT2D eigenvalue weighted by Crippen LogP contribution is 2.32. The van der Waals surface area contributed by atoms with Crippen molar-refractivity contribution in [3.05, 3.63) is 42.2 Å². The summed E-state index contributed by atoms with van der Waals surface area (Å²) >= 11 is 0. The number of fused-ring (bicyclic) bond motifs is 3. The number of aromatic nitrogens is 3. The summed E-state index contributed by atoms with van der Waals surface area (Å²) in [6.45, 7) is 4.71. The first-order valence-electron chi connectivity index (χ1n) is 8.18. The molecule has 1 atom stereocenters. The topological polar surface area (TPSA) is 54.3 Å². The Bertz CT molecular complexity index is 725. The fraction of sp³-hybridized carbons (Fsp3) is 0.471. The van der Waals surface area contributed by atoms with Crippen molar-refractivity contribution in [1.82, 2.24) is 19.4 Å². The first-order chi connectivity index (χ1) is 11.2. The molecule has 1 saturated heterocycles. The molecule has 120 valence electrons. The molecule has 4 rings (SSSR count). The van der Waals surface area contributed by atoms with E-state index in [1.165, 1.54) is 12.1 Å². The Kier molecular flexibility index (Phi) is 3.52.